The van der Waals surface area contributed by atoms with Crippen molar-refractivity contribution in [2.24, 2.45) is 0 Å². The second-order valence-corrected chi connectivity index (χ2v) is 5.97. The minimum Gasteiger partial charge on any atom is -0.459 e. The zero-order valence-corrected chi connectivity index (χ0v) is 13.6. The highest BCUT2D eigenvalue weighted by Gasteiger charge is 2.32. The van der Waals surface area contributed by atoms with Crippen molar-refractivity contribution in [1.29, 1.82) is 0 Å². The molecule has 0 amide bonds. The van der Waals surface area contributed by atoms with Crippen molar-refractivity contribution >= 4 is 17.5 Å². The predicted octanol–water partition coefficient (Wildman–Crippen LogP) is 3.86. The molecule has 1 unspecified atom stereocenters. The van der Waals surface area contributed by atoms with E-state index < -0.39 is 5.97 Å². The van der Waals surface area contributed by atoms with E-state index in [2.05, 4.69) is 10.4 Å². The number of para-hydroxylation sites is 1. The largest absolute Gasteiger partial charge is 0.459 e. The Hall–Kier alpha value is -3.15. The molecule has 0 bridgehead atoms. The third-order valence-electron chi connectivity index (χ3n) is 4.06. The van der Waals surface area contributed by atoms with Crippen LogP contribution in [0.4, 0.5) is 15.9 Å². The zero-order valence-electron chi connectivity index (χ0n) is 13.6. The van der Waals surface area contributed by atoms with Crippen LogP contribution < -0.4 is 5.32 Å². The van der Waals surface area contributed by atoms with Gasteiger partial charge in [0.05, 0.1) is 11.4 Å². The van der Waals surface area contributed by atoms with Gasteiger partial charge in [0.1, 0.15) is 23.3 Å². The number of esters is 1. The van der Waals surface area contributed by atoms with Crippen molar-refractivity contribution in [3.8, 4) is 5.69 Å². The number of nitrogens with one attached hydrogen (secondary N) is 1. The van der Waals surface area contributed by atoms with Crippen molar-refractivity contribution in [3.05, 3.63) is 71.7 Å². The van der Waals surface area contributed by atoms with Crippen LogP contribution in [0, 0.1) is 5.82 Å². The van der Waals surface area contributed by atoms with E-state index in [0.29, 0.717) is 29.2 Å². The lowest BCUT2D eigenvalue weighted by Gasteiger charge is -2.18. The Balaban J connectivity index is 1.86. The first-order chi connectivity index (χ1) is 12.1. The molecule has 0 saturated carbocycles. The summed E-state index contributed by atoms with van der Waals surface area (Å²) in [7, 11) is 0. The number of rotatable bonds is 3. The van der Waals surface area contributed by atoms with Crippen LogP contribution in [0.2, 0.25) is 0 Å². The van der Waals surface area contributed by atoms with Crippen LogP contribution in [-0.2, 0) is 11.2 Å². The van der Waals surface area contributed by atoms with Gasteiger partial charge in [-0.3, -0.25) is 0 Å². The van der Waals surface area contributed by atoms with Gasteiger partial charge in [0, 0.05) is 12.1 Å². The third-order valence-corrected chi connectivity index (χ3v) is 4.06. The monoisotopic (exact) mass is 337 g/mol. The zero-order chi connectivity index (χ0) is 17.4. The highest BCUT2D eigenvalue weighted by molar-refractivity contribution is 5.98. The fraction of sp³-hybridized carbons (Fsp3) is 0.158. The molecule has 25 heavy (non-hydrogen) atoms. The first-order valence-electron chi connectivity index (χ1n) is 8.02. The van der Waals surface area contributed by atoms with E-state index in [1.807, 2.05) is 37.3 Å². The van der Waals surface area contributed by atoms with E-state index in [0.717, 1.165) is 5.69 Å². The van der Waals surface area contributed by atoms with Crippen LogP contribution in [-0.4, -0.2) is 21.9 Å². The van der Waals surface area contributed by atoms with Crippen molar-refractivity contribution in [2.45, 2.75) is 19.4 Å². The number of ether oxygens (including phenoxy) is 1. The summed E-state index contributed by atoms with van der Waals surface area (Å²) < 4.78 is 20.3. The van der Waals surface area contributed by atoms with Gasteiger partial charge in [0.2, 0.25) is 0 Å². The first kappa shape index (κ1) is 15.4. The summed E-state index contributed by atoms with van der Waals surface area (Å²) in [6.45, 7) is 1.84. The second-order valence-electron chi connectivity index (χ2n) is 5.97. The van der Waals surface area contributed by atoms with Crippen molar-refractivity contribution in [2.75, 3.05) is 5.32 Å². The van der Waals surface area contributed by atoms with Crippen LogP contribution in [0.3, 0.4) is 0 Å². The molecule has 2 aromatic carbocycles. The lowest BCUT2D eigenvalue weighted by atomic mass is 10.1. The maximum absolute atomic E-state index is 13.3. The van der Waals surface area contributed by atoms with E-state index in [1.165, 1.54) is 12.1 Å². The summed E-state index contributed by atoms with van der Waals surface area (Å²) in [5.41, 5.74) is 2.58. The number of carbonyl (C=O) groups excluding carboxylic acids is 1. The fourth-order valence-electron chi connectivity index (χ4n) is 2.92. The number of cyclic esters (lactones) is 1. The topological polar surface area (TPSA) is 56.2 Å². The van der Waals surface area contributed by atoms with Crippen LogP contribution >= 0.6 is 0 Å². The molecule has 0 spiro atoms. The van der Waals surface area contributed by atoms with Crippen LogP contribution in [0.25, 0.3) is 5.69 Å². The summed E-state index contributed by atoms with van der Waals surface area (Å²) in [6, 6.07) is 15.5. The van der Waals surface area contributed by atoms with E-state index >= 15 is 0 Å². The number of hydrogen-bond acceptors (Lipinski definition) is 4. The van der Waals surface area contributed by atoms with Gasteiger partial charge in [-0.2, -0.15) is 5.10 Å². The molecule has 126 valence electrons. The smallest absolute Gasteiger partial charge is 0.344 e. The van der Waals surface area contributed by atoms with Crippen LogP contribution in [0.5, 0.6) is 0 Å². The Bertz CT molecular complexity index is 920. The van der Waals surface area contributed by atoms with Gasteiger partial charge in [0.15, 0.2) is 0 Å². The molecule has 0 radical (unpaired) electrons. The Labute approximate surface area is 144 Å². The first-order valence-corrected chi connectivity index (χ1v) is 8.02. The summed E-state index contributed by atoms with van der Waals surface area (Å²) >= 11 is 0. The summed E-state index contributed by atoms with van der Waals surface area (Å²) in [5.74, 6) is -0.212. The highest BCUT2D eigenvalue weighted by Crippen LogP contribution is 2.31. The number of nitrogens with zero attached hydrogens (tertiary/aromatic N) is 2. The number of benzene rings is 2. The van der Waals surface area contributed by atoms with Crippen molar-refractivity contribution in [3.63, 3.8) is 0 Å². The standard InChI is InChI=1S/C19H16FN3O2/c1-12-11-16-17(19(24)25-12)18(21-14-5-3-2-4-6-14)23(22-16)15-9-7-13(20)8-10-15/h2-10,12,21H,11H2,1H3. The number of hydrogen-bond donors (Lipinski definition) is 1. The van der Waals surface area contributed by atoms with E-state index in [4.69, 9.17) is 4.74 Å². The molecule has 5 nitrogen and oxygen atoms in total. The van der Waals surface area contributed by atoms with Crippen LogP contribution in [0.15, 0.2) is 54.6 Å². The summed E-state index contributed by atoms with van der Waals surface area (Å²) in [5, 5.41) is 7.82. The number of halogens is 1. The van der Waals surface area contributed by atoms with Gasteiger partial charge >= 0.3 is 5.97 Å². The van der Waals surface area contributed by atoms with E-state index in [-0.39, 0.29) is 11.9 Å². The number of aromatic nitrogens is 2. The van der Waals surface area contributed by atoms with Gasteiger partial charge in [-0.25, -0.2) is 13.9 Å². The average molecular weight is 337 g/mol. The molecular formula is C19H16FN3O2. The predicted molar refractivity (Wildman–Crippen MR) is 91.8 cm³/mol. The fourth-order valence-corrected chi connectivity index (χ4v) is 2.92. The molecule has 1 N–H and O–H groups in total. The quantitative estimate of drug-likeness (QED) is 0.738. The second kappa shape index (κ2) is 6.05. The minimum absolute atomic E-state index is 0.221. The third kappa shape index (κ3) is 2.87. The number of anilines is 2. The maximum Gasteiger partial charge on any atom is 0.344 e. The van der Waals surface area contributed by atoms with Gasteiger partial charge in [-0.05, 0) is 43.3 Å². The van der Waals surface area contributed by atoms with Gasteiger partial charge < -0.3 is 10.1 Å². The molecule has 1 aliphatic rings. The Morgan fingerprint density at radius 1 is 1.16 bits per heavy atom. The molecule has 0 fully saturated rings. The van der Waals surface area contributed by atoms with E-state index in [9.17, 15) is 9.18 Å². The highest BCUT2D eigenvalue weighted by atomic mass is 19.1. The van der Waals surface area contributed by atoms with Crippen molar-refractivity contribution < 1.29 is 13.9 Å². The molecule has 0 aliphatic carbocycles. The molecule has 2 heterocycles. The number of fused-ring (bicyclic) bond motifs is 1. The van der Waals surface area contributed by atoms with Gasteiger partial charge in [-0.15, -0.1) is 0 Å². The van der Waals surface area contributed by atoms with Crippen molar-refractivity contribution in [1.82, 2.24) is 9.78 Å². The Kier molecular flexibility index (Phi) is 3.72. The summed E-state index contributed by atoms with van der Waals surface area (Å²) in [6.07, 6.45) is 0.319. The van der Waals surface area contributed by atoms with Gasteiger partial charge in [-0.1, -0.05) is 18.2 Å². The maximum atomic E-state index is 13.3. The summed E-state index contributed by atoms with van der Waals surface area (Å²) in [4.78, 5) is 12.4. The Morgan fingerprint density at radius 2 is 1.88 bits per heavy atom. The Morgan fingerprint density at radius 3 is 2.60 bits per heavy atom. The molecule has 1 aromatic heterocycles. The average Bonchev–Trinajstić information content (AvgIpc) is 2.95. The molecule has 3 aromatic rings. The lowest BCUT2D eigenvalue weighted by Crippen LogP contribution is -2.25. The molecule has 1 atom stereocenters. The number of carbonyl (C=O) groups is 1. The van der Waals surface area contributed by atoms with Gasteiger partial charge in [0.25, 0.3) is 0 Å². The molecular weight excluding hydrogens is 321 g/mol. The lowest BCUT2D eigenvalue weighted by molar-refractivity contribution is 0.0301. The molecule has 4 rings (SSSR count). The molecule has 1 aliphatic heterocycles. The SMILES string of the molecule is CC1Cc2nn(-c3ccc(F)cc3)c(Nc3ccccc3)c2C(=O)O1. The normalized spacial score (nSPS) is 16.2. The molecule has 6 heteroatoms. The minimum atomic E-state index is -0.402. The molecule has 0 saturated heterocycles. The van der Waals surface area contributed by atoms with E-state index in [1.54, 1.807) is 16.8 Å². The van der Waals surface area contributed by atoms with Crippen LogP contribution in [0.1, 0.15) is 23.0 Å².